The van der Waals surface area contributed by atoms with Crippen LogP contribution < -0.4 is 0 Å². The fourth-order valence-corrected chi connectivity index (χ4v) is 5.64. The van der Waals surface area contributed by atoms with Crippen LogP contribution in [0.1, 0.15) is 78.6 Å². The topological polar surface area (TPSA) is 23.6 Å². The highest BCUT2D eigenvalue weighted by Crippen LogP contribution is 2.39. The molecule has 1 aliphatic carbocycles. The Hall–Kier alpha value is -0.570. The van der Waals surface area contributed by atoms with Gasteiger partial charge in [0.1, 0.15) is 0 Å². The molecular weight excluding hydrogens is 308 g/mol. The van der Waals surface area contributed by atoms with Gasteiger partial charge in [0.2, 0.25) is 5.91 Å². The van der Waals surface area contributed by atoms with Crippen molar-refractivity contribution in [1.29, 1.82) is 0 Å². The summed E-state index contributed by atoms with van der Waals surface area (Å²) in [4.78, 5) is 17.0. The van der Waals surface area contributed by atoms with Crippen LogP contribution in [-0.2, 0) is 4.79 Å². The minimum atomic E-state index is 0.148. The van der Waals surface area contributed by atoms with Gasteiger partial charge in [0.05, 0.1) is 0 Å². The monoisotopic (exact) mass is 348 g/mol. The number of piperidine rings is 2. The fourth-order valence-electron chi connectivity index (χ4n) is 5.64. The van der Waals surface area contributed by atoms with E-state index in [1.165, 1.54) is 70.9 Å². The van der Waals surface area contributed by atoms with E-state index >= 15 is 0 Å². The minimum absolute atomic E-state index is 0.148. The third-order valence-corrected chi connectivity index (χ3v) is 7.50. The molecule has 3 heteroatoms. The molecule has 0 atom stereocenters. The number of rotatable bonds is 4. The second-order valence-electron chi connectivity index (χ2n) is 9.27. The molecule has 1 amide bonds. The summed E-state index contributed by atoms with van der Waals surface area (Å²) in [7, 11) is 0. The Morgan fingerprint density at radius 3 is 1.92 bits per heavy atom. The van der Waals surface area contributed by atoms with Gasteiger partial charge in [-0.1, -0.05) is 40.0 Å². The van der Waals surface area contributed by atoms with Crippen LogP contribution in [-0.4, -0.2) is 47.9 Å². The van der Waals surface area contributed by atoms with E-state index in [1.807, 2.05) is 13.8 Å². The summed E-state index contributed by atoms with van der Waals surface area (Å²) in [6.45, 7) is 11.0. The van der Waals surface area contributed by atoms with Gasteiger partial charge in [-0.3, -0.25) is 4.79 Å². The lowest BCUT2D eigenvalue weighted by Gasteiger charge is -2.44. The van der Waals surface area contributed by atoms with Gasteiger partial charge in [-0.2, -0.15) is 0 Å². The van der Waals surface area contributed by atoms with Gasteiger partial charge in [-0.25, -0.2) is 0 Å². The van der Waals surface area contributed by atoms with Gasteiger partial charge >= 0.3 is 0 Å². The first-order chi connectivity index (χ1) is 12.1. The Bertz CT molecular complexity index is 412. The van der Waals surface area contributed by atoms with Crippen LogP contribution in [0, 0.1) is 23.7 Å². The van der Waals surface area contributed by atoms with Gasteiger partial charge < -0.3 is 9.80 Å². The lowest BCUT2D eigenvalue weighted by molar-refractivity contribution is -0.136. The van der Waals surface area contributed by atoms with E-state index in [0.29, 0.717) is 5.91 Å². The summed E-state index contributed by atoms with van der Waals surface area (Å²) < 4.78 is 0. The molecule has 0 bridgehead atoms. The Morgan fingerprint density at radius 2 is 1.40 bits per heavy atom. The molecular formula is C22H40N2O. The van der Waals surface area contributed by atoms with Crippen LogP contribution in [0.25, 0.3) is 0 Å². The van der Waals surface area contributed by atoms with E-state index in [4.69, 9.17) is 0 Å². The molecule has 3 aliphatic rings. The van der Waals surface area contributed by atoms with Gasteiger partial charge in [-0.15, -0.1) is 0 Å². The highest BCUT2D eigenvalue weighted by atomic mass is 16.2. The first kappa shape index (κ1) is 19.2. The van der Waals surface area contributed by atoms with Crippen LogP contribution >= 0.6 is 0 Å². The van der Waals surface area contributed by atoms with Crippen LogP contribution in [0.4, 0.5) is 0 Å². The lowest BCUT2D eigenvalue weighted by atomic mass is 9.72. The highest BCUT2D eigenvalue weighted by Gasteiger charge is 2.33. The van der Waals surface area contributed by atoms with E-state index in [2.05, 4.69) is 16.7 Å². The molecule has 0 spiro atoms. The predicted octanol–water partition coefficient (Wildman–Crippen LogP) is 4.56. The van der Waals surface area contributed by atoms with Crippen molar-refractivity contribution in [1.82, 2.24) is 9.80 Å². The van der Waals surface area contributed by atoms with Crippen molar-refractivity contribution in [3.63, 3.8) is 0 Å². The molecule has 25 heavy (non-hydrogen) atoms. The van der Waals surface area contributed by atoms with Crippen molar-refractivity contribution in [2.45, 2.75) is 84.6 Å². The van der Waals surface area contributed by atoms with Gasteiger partial charge in [0, 0.05) is 25.0 Å². The summed E-state index contributed by atoms with van der Waals surface area (Å²) in [5.41, 5.74) is 0. The molecule has 3 fully saturated rings. The minimum Gasteiger partial charge on any atom is -0.342 e. The number of hydrogen-bond acceptors (Lipinski definition) is 2. The summed E-state index contributed by atoms with van der Waals surface area (Å²) in [5.74, 6) is 3.54. The van der Waals surface area contributed by atoms with E-state index in [-0.39, 0.29) is 5.92 Å². The number of amides is 1. The molecule has 2 heterocycles. The zero-order valence-corrected chi connectivity index (χ0v) is 16.9. The number of hydrogen-bond donors (Lipinski definition) is 0. The van der Waals surface area contributed by atoms with Crippen molar-refractivity contribution in [3.05, 3.63) is 0 Å². The van der Waals surface area contributed by atoms with E-state index in [0.717, 1.165) is 36.9 Å². The molecule has 144 valence electrons. The molecule has 0 radical (unpaired) electrons. The van der Waals surface area contributed by atoms with Crippen LogP contribution in [0.5, 0.6) is 0 Å². The number of carbonyl (C=O) groups is 1. The predicted molar refractivity (Wildman–Crippen MR) is 104 cm³/mol. The molecule has 0 aromatic carbocycles. The van der Waals surface area contributed by atoms with Gasteiger partial charge in [0.25, 0.3) is 0 Å². The third kappa shape index (κ3) is 4.78. The van der Waals surface area contributed by atoms with E-state index < -0.39 is 0 Å². The molecule has 2 aliphatic heterocycles. The van der Waals surface area contributed by atoms with Crippen molar-refractivity contribution in [2.75, 3.05) is 26.2 Å². The maximum Gasteiger partial charge on any atom is 0.225 e. The van der Waals surface area contributed by atoms with Crippen LogP contribution in [0.15, 0.2) is 0 Å². The molecule has 2 saturated heterocycles. The standard InChI is InChI=1S/C22H40N2O/c1-4-18-5-7-19(8-6-18)20-9-13-23(14-10-20)21-11-15-24(16-12-21)22(25)17(2)3/h17-21H,4-16H2,1-3H3. The Labute approximate surface area is 155 Å². The average Bonchev–Trinajstić information content (AvgIpc) is 2.67. The Kier molecular flexibility index (Phi) is 6.82. The molecule has 0 N–H and O–H groups in total. The first-order valence-electron chi connectivity index (χ1n) is 11.1. The number of carbonyl (C=O) groups excluding carboxylic acids is 1. The third-order valence-electron chi connectivity index (χ3n) is 7.50. The fraction of sp³-hybridized carbons (Fsp3) is 0.955. The van der Waals surface area contributed by atoms with Crippen molar-refractivity contribution < 1.29 is 4.79 Å². The molecule has 0 aromatic rings. The lowest BCUT2D eigenvalue weighted by Crippen LogP contribution is -2.50. The van der Waals surface area contributed by atoms with E-state index in [9.17, 15) is 4.79 Å². The average molecular weight is 349 g/mol. The van der Waals surface area contributed by atoms with Crippen molar-refractivity contribution in [2.24, 2.45) is 23.7 Å². The second kappa shape index (κ2) is 8.88. The smallest absolute Gasteiger partial charge is 0.225 e. The SMILES string of the molecule is CCC1CCC(C2CCN(C3CCN(C(=O)C(C)C)CC3)CC2)CC1. The summed E-state index contributed by atoms with van der Waals surface area (Å²) in [6, 6.07) is 0.730. The molecule has 1 saturated carbocycles. The Balaban J connectivity index is 1.39. The van der Waals surface area contributed by atoms with E-state index in [1.54, 1.807) is 0 Å². The van der Waals surface area contributed by atoms with Crippen molar-refractivity contribution in [3.8, 4) is 0 Å². The number of nitrogens with zero attached hydrogens (tertiary/aromatic N) is 2. The molecule has 3 nitrogen and oxygen atoms in total. The second-order valence-corrected chi connectivity index (χ2v) is 9.27. The van der Waals surface area contributed by atoms with Crippen LogP contribution in [0.3, 0.4) is 0 Å². The van der Waals surface area contributed by atoms with Gasteiger partial charge in [0.15, 0.2) is 0 Å². The summed E-state index contributed by atoms with van der Waals surface area (Å²) >= 11 is 0. The maximum atomic E-state index is 12.2. The van der Waals surface area contributed by atoms with Crippen LogP contribution in [0.2, 0.25) is 0 Å². The summed E-state index contributed by atoms with van der Waals surface area (Å²) in [5, 5.41) is 0. The summed E-state index contributed by atoms with van der Waals surface area (Å²) in [6.07, 6.45) is 12.6. The van der Waals surface area contributed by atoms with Gasteiger partial charge in [-0.05, 0) is 69.4 Å². The zero-order chi connectivity index (χ0) is 17.8. The molecule has 3 rings (SSSR count). The first-order valence-corrected chi connectivity index (χ1v) is 11.1. The normalized spacial score (nSPS) is 30.8. The quantitative estimate of drug-likeness (QED) is 0.743. The highest BCUT2D eigenvalue weighted by molar-refractivity contribution is 5.78. The zero-order valence-electron chi connectivity index (χ0n) is 16.9. The molecule has 0 unspecified atom stereocenters. The molecule has 0 aromatic heterocycles. The number of likely N-dealkylation sites (tertiary alicyclic amines) is 2. The Morgan fingerprint density at radius 1 is 0.840 bits per heavy atom. The maximum absolute atomic E-state index is 12.2. The van der Waals surface area contributed by atoms with Crippen molar-refractivity contribution >= 4 is 5.91 Å². The largest absolute Gasteiger partial charge is 0.342 e.